The monoisotopic (exact) mass is 616 g/mol. The quantitative estimate of drug-likeness (QED) is 0.277. The van der Waals surface area contributed by atoms with Crippen LogP contribution < -0.4 is 9.64 Å². The Morgan fingerprint density at radius 3 is 2.16 bits per heavy atom. The van der Waals surface area contributed by atoms with E-state index in [-0.39, 0.29) is 24.3 Å². The van der Waals surface area contributed by atoms with E-state index in [2.05, 4.69) is 9.97 Å². The minimum atomic E-state index is -5.09. The lowest BCUT2D eigenvalue weighted by Gasteiger charge is -2.39. The van der Waals surface area contributed by atoms with Gasteiger partial charge in [0, 0.05) is 11.1 Å². The van der Waals surface area contributed by atoms with Crippen molar-refractivity contribution >= 4 is 12.0 Å². The largest absolute Gasteiger partial charge is 0.496 e. The summed E-state index contributed by atoms with van der Waals surface area (Å²) in [6, 6.07) is 6.76. The Balaban J connectivity index is 1.55. The summed E-state index contributed by atoms with van der Waals surface area (Å²) in [5.74, 6) is -2.54. The van der Waals surface area contributed by atoms with E-state index in [0.29, 0.717) is 34.7 Å². The van der Waals surface area contributed by atoms with E-state index >= 15 is 0 Å². The molecule has 2 atom stereocenters. The number of nitrogens with zero attached hydrogens (tertiary/aromatic N) is 4. The van der Waals surface area contributed by atoms with Gasteiger partial charge in [0.25, 0.3) is 5.92 Å². The van der Waals surface area contributed by atoms with Gasteiger partial charge in [-0.15, -0.1) is 0 Å². The maximum absolute atomic E-state index is 13.6. The lowest BCUT2D eigenvalue weighted by atomic mass is 9.97. The van der Waals surface area contributed by atoms with Crippen molar-refractivity contribution in [2.24, 2.45) is 0 Å². The van der Waals surface area contributed by atoms with Crippen LogP contribution in [0.5, 0.6) is 5.75 Å². The minimum absolute atomic E-state index is 0.00721. The summed E-state index contributed by atoms with van der Waals surface area (Å²) in [6.45, 7) is 1.46. The van der Waals surface area contributed by atoms with Crippen molar-refractivity contribution in [1.29, 1.82) is 0 Å². The standard InChI is InChI=1S/C28H24F8N4O3/c1-14-22(19-6-4-5-7-21(19)42-3)20(38-24(37-14)39-12-26(29,30)13-39)11-40-15(2)23(43-25(40)41)16-8-17(27(31,32)33)10-18(9-16)28(34,35)36/h4-10,15,23H,11-13H2,1-3H3/t15-,23-/m0/s1. The summed E-state index contributed by atoms with van der Waals surface area (Å²) < 4.78 is 119. The van der Waals surface area contributed by atoms with Gasteiger partial charge in [-0.05, 0) is 43.7 Å². The summed E-state index contributed by atoms with van der Waals surface area (Å²) in [4.78, 5) is 24.3. The van der Waals surface area contributed by atoms with Crippen molar-refractivity contribution < 1.29 is 49.4 Å². The smallest absolute Gasteiger partial charge is 0.416 e. The number of halogens is 8. The number of para-hydroxylation sites is 1. The molecule has 2 saturated heterocycles. The number of amides is 1. The fourth-order valence-electron chi connectivity index (χ4n) is 5.19. The average Bonchev–Trinajstić information content (AvgIpc) is 3.18. The summed E-state index contributed by atoms with van der Waals surface area (Å²) in [6.07, 6.45) is -12.7. The molecule has 1 aromatic heterocycles. The van der Waals surface area contributed by atoms with Crippen LogP contribution in [-0.4, -0.2) is 53.1 Å². The van der Waals surface area contributed by atoms with E-state index in [0.717, 1.165) is 4.90 Å². The van der Waals surface area contributed by atoms with E-state index < -0.39 is 66.3 Å². The first-order chi connectivity index (χ1) is 20.0. The molecule has 2 fully saturated rings. The summed E-state index contributed by atoms with van der Waals surface area (Å²) >= 11 is 0. The van der Waals surface area contributed by atoms with Gasteiger partial charge in [-0.3, -0.25) is 4.90 Å². The molecule has 0 spiro atoms. The van der Waals surface area contributed by atoms with E-state index in [9.17, 15) is 39.9 Å². The van der Waals surface area contributed by atoms with Gasteiger partial charge in [0.2, 0.25) is 5.95 Å². The molecule has 3 heterocycles. The Labute approximate surface area is 240 Å². The summed E-state index contributed by atoms with van der Waals surface area (Å²) in [5, 5.41) is 0. The second-order valence-electron chi connectivity index (χ2n) is 10.4. The van der Waals surface area contributed by atoms with Crippen molar-refractivity contribution in [2.75, 3.05) is 25.1 Å². The number of anilines is 1. The molecule has 2 aromatic carbocycles. The highest BCUT2D eigenvalue weighted by Gasteiger charge is 2.46. The van der Waals surface area contributed by atoms with E-state index in [4.69, 9.17) is 9.47 Å². The van der Waals surface area contributed by atoms with Gasteiger partial charge in [-0.1, -0.05) is 18.2 Å². The van der Waals surface area contributed by atoms with Gasteiger partial charge in [-0.2, -0.15) is 26.3 Å². The maximum Gasteiger partial charge on any atom is 0.416 e. The number of hydrogen-bond donors (Lipinski definition) is 0. The molecular weight excluding hydrogens is 592 g/mol. The number of ether oxygens (including phenoxy) is 2. The van der Waals surface area contributed by atoms with Gasteiger partial charge in [0.05, 0.1) is 55.3 Å². The molecule has 230 valence electrons. The first-order valence-electron chi connectivity index (χ1n) is 12.9. The Kier molecular flexibility index (Phi) is 7.41. The Morgan fingerprint density at radius 1 is 1.00 bits per heavy atom. The zero-order valence-electron chi connectivity index (χ0n) is 22.9. The molecule has 0 aliphatic carbocycles. The van der Waals surface area contributed by atoms with Crippen LogP contribution in [0, 0.1) is 6.92 Å². The third-order valence-electron chi connectivity index (χ3n) is 7.31. The molecule has 7 nitrogen and oxygen atoms in total. The third kappa shape index (κ3) is 5.89. The number of aryl methyl sites for hydroxylation is 1. The van der Waals surface area contributed by atoms with Crippen molar-refractivity contribution in [3.63, 3.8) is 0 Å². The maximum atomic E-state index is 13.6. The molecule has 2 aliphatic rings. The SMILES string of the molecule is COc1ccccc1-c1c(C)nc(N2CC(F)(F)C2)nc1CN1C(=O)O[C@H](c2cc(C(F)(F)F)cc(C(F)(F)F)c2)[C@@H]1C. The minimum Gasteiger partial charge on any atom is -0.496 e. The van der Waals surface area contributed by atoms with Gasteiger partial charge >= 0.3 is 18.4 Å². The lowest BCUT2D eigenvalue weighted by Crippen LogP contribution is -2.57. The number of benzene rings is 2. The fraction of sp³-hybridized carbons (Fsp3) is 0.393. The molecule has 5 rings (SSSR count). The first-order valence-corrected chi connectivity index (χ1v) is 12.9. The average molecular weight is 617 g/mol. The van der Waals surface area contributed by atoms with Crippen LogP contribution in [0.1, 0.15) is 41.1 Å². The zero-order chi connectivity index (χ0) is 31.5. The first kappa shape index (κ1) is 30.3. The Hall–Kier alpha value is -4.17. The second kappa shape index (κ2) is 10.5. The summed E-state index contributed by atoms with van der Waals surface area (Å²) in [7, 11) is 1.43. The predicted molar refractivity (Wildman–Crippen MR) is 137 cm³/mol. The highest BCUT2D eigenvalue weighted by atomic mass is 19.4. The molecule has 3 aromatic rings. The molecule has 43 heavy (non-hydrogen) atoms. The van der Waals surface area contributed by atoms with Crippen LogP contribution in [0.25, 0.3) is 11.1 Å². The van der Waals surface area contributed by atoms with Crippen molar-refractivity contribution in [1.82, 2.24) is 14.9 Å². The fourth-order valence-corrected chi connectivity index (χ4v) is 5.19. The van der Waals surface area contributed by atoms with Crippen molar-refractivity contribution in [2.45, 2.75) is 50.8 Å². The normalized spacial score (nSPS) is 20.2. The highest BCUT2D eigenvalue weighted by molar-refractivity contribution is 5.76. The molecule has 1 amide bonds. The van der Waals surface area contributed by atoms with Crippen LogP contribution in [0.15, 0.2) is 42.5 Å². The van der Waals surface area contributed by atoms with Gasteiger partial charge in [0.1, 0.15) is 11.9 Å². The number of cyclic esters (lactones) is 1. The molecule has 0 N–H and O–H groups in total. The Morgan fingerprint density at radius 2 is 1.60 bits per heavy atom. The van der Waals surface area contributed by atoms with Crippen LogP contribution in [0.2, 0.25) is 0 Å². The number of carbonyl (C=O) groups excluding carboxylic acids is 1. The van der Waals surface area contributed by atoms with Gasteiger partial charge in [0.15, 0.2) is 0 Å². The van der Waals surface area contributed by atoms with Crippen LogP contribution >= 0.6 is 0 Å². The summed E-state index contributed by atoms with van der Waals surface area (Å²) in [5.41, 5.74) is -2.09. The van der Waals surface area contributed by atoms with Crippen molar-refractivity contribution in [3.8, 4) is 16.9 Å². The molecular formula is C28H24F8N4O3. The number of aromatic nitrogens is 2. The molecule has 0 unspecified atom stereocenters. The topological polar surface area (TPSA) is 67.8 Å². The lowest BCUT2D eigenvalue weighted by molar-refractivity contribution is -0.143. The number of carbonyl (C=O) groups is 1. The number of alkyl halides is 8. The van der Waals surface area contributed by atoms with Crippen molar-refractivity contribution in [3.05, 3.63) is 70.5 Å². The van der Waals surface area contributed by atoms with Crippen LogP contribution in [-0.2, 0) is 23.6 Å². The van der Waals surface area contributed by atoms with E-state index in [1.807, 2.05) is 0 Å². The number of rotatable bonds is 6. The highest BCUT2D eigenvalue weighted by Crippen LogP contribution is 2.42. The number of methoxy groups -OCH3 is 1. The molecule has 2 aliphatic heterocycles. The molecule has 0 bridgehead atoms. The van der Waals surface area contributed by atoms with E-state index in [1.54, 1.807) is 31.2 Å². The van der Waals surface area contributed by atoms with Gasteiger partial charge < -0.3 is 14.4 Å². The second-order valence-corrected chi connectivity index (χ2v) is 10.4. The zero-order valence-corrected chi connectivity index (χ0v) is 22.9. The van der Waals surface area contributed by atoms with Gasteiger partial charge in [-0.25, -0.2) is 23.5 Å². The van der Waals surface area contributed by atoms with Crippen LogP contribution in [0.3, 0.4) is 0 Å². The van der Waals surface area contributed by atoms with Crippen LogP contribution in [0.4, 0.5) is 45.9 Å². The third-order valence-corrected chi connectivity index (χ3v) is 7.31. The molecule has 15 heteroatoms. The predicted octanol–water partition coefficient (Wildman–Crippen LogP) is 7.04. The number of hydrogen-bond acceptors (Lipinski definition) is 6. The van der Waals surface area contributed by atoms with E-state index in [1.165, 1.54) is 18.9 Å². The molecule has 0 saturated carbocycles. The molecule has 0 radical (unpaired) electrons. The Bertz CT molecular complexity index is 1520.